The number of aliphatic hydroxyl groups excluding tert-OH is 1. The number of ether oxygens (including phenoxy) is 1. The highest BCUT2D eigenvalue weighted by atomic mass is 19.1. The molecule has 4 atom stereocenters. The van der Waals surface area contributed by atoms with Gasteiger partial charge in [0.25, 0.3) is 5.56 Å². The molecule has 25 heavy (non-hydrogen) atoms. The van der Waals surface area contributed by atoms with Crippen LogP contribution >= 0.6 is 0 Å². The van der Waals surface area contributed by atoms with Crippen LogP contribution in [0.1, 0.15) is 20.1 Å². The number of nitrogens with zero attached hydrogens (tertiary/aromatic N) is 3. The summed E-state index contributed by atoms with van der Waals surface area (Å²) in [5, 5.41) is 20.1. The molecule has 0 spiro atoms. The highest BCUT2D eigenvalue weighted by Gasteiger charge is 2.51. The average Bonchev–Trinajstić information content (AvgIpc) is 2.99. The first kappa shape index (κ1) is 17.3. The van der Waals surface area contributed by atoms with E-state index in [1.54, 1.807) is 0 Å². The molecule has 0 amide bonds. The number of H-pyrrole nitrogens is 1. The minimum absolute atomic E-state index is 0.0184. The molecule has 134 valence electrons. The monoisotopic (exact) mass is 352 g/mol. The van der Waals surface area contributed by atoms with E-state index in [1.807, 2.05) is 0 Å². The molecule has 0 saturated carbocycles. The van der Waals surface area contributed by atoms with E-state index in [2.05, 4.69) is 15.9 Å². The molecule has 0 radical (unpaired) electrons. The van der Waals surface area contributed by atoms with Crippen LogP contribution in [-0.2, 0) is 11.3 Å². The summed E-state index contributed by atoms with van der Waals surface area (Å²) < 4.78 is 21.6. The number of aromatic amines is 1. The summed E-state index contributed by atoms with van der Waals surface area (Å²) >= 11 is 0. The predicted octanol–water partition coefficient (Wildman–Crippen LogP) is -1.11. The van der Waals surface area contributed by atoms with Crippen LogP contribution in [0.15, 0.2) is 15.9 Å². The van der Waals surface area contributed by atoms with Gasteiger partial charge in [0, 0.05) is 0 Å². The van der Waals surface area contributed by atoms with Crippen molar-refractivity contribution in [2.75, 3.05) is 0 Å². The molecule has 4 unspecified atom stereocenters. The maximum Gasteiger partial charge on any atom is 0.328 e. The predicted molar refractivity (Wildman–Crippen MR) is 84.6 cm³/mol. The van der Waals surface area contributed by atoms with Crippen molar-refractivity contribution in [3.05, 3.63) is 27.2 Å². The van der Waals surface area contributed by atoms with Gasteiger partial charge in [0.2, 0.25) is 0 Å². The maximum absolute atomic E-state index is 14.3. The maximum atomic E-state index is 14.3. The SMILES string of the molecule is C#CCn1c(=O)[nH]c2ncn(C3OC(C(C)(C)O)C(F)C3O)c(=O)c21. The van der Waals surface area contributed by atoms with Gasteiger partial charge in [-0.05, 0) is 13.8 Å². The molecule has 2 aromatic heterocycles. The van der Waals surface area contributed by atoms with Crippen molar-refractivity contribution in [1.82, 2.24) is 19.1 Å². The molecular formula is C15H17FN4O5. The van der Waals surface area contributed by atoms with E-state index in [0.29, 0.717) is 0 Å². The molecule has 2 aromatic rings. The highest BCUT2D eigenvalue weighted by Crippen LogP contribution is 2.35. The Hall–Kier alpha value is -2.48. The van der Waals surface area contributed by atoms with Gasteiger partial charge in [-0.1, -0.05) is 5.92 Å². The van der Waals surface area contributed by atoms with E-state index in [9.17, 15) is 24.2 Å². The fraction of sp³-hybridized carbons (Fsp3) is 0.533. The van der Waals surface area contributed by atoms with Gasteiger partial charge in [0.1, 0.15) is 18.5 Å². The first-order valence-corrected chi connectivity index (χ1v) is 7.50. The van der Waals surface area contributed by atoms with Gasteiger partial charge in [-0.15, -0.1) is 6.42 Å². The molecular weight excluding hydrogens is 335 g/mol. The third-order valence-electron chi connectivity index (χ3n) is 4.13. The second kappa shape index (κ2) is 5.80. The number of halogens is 1. The number of aromatic nitrogens is 4. The standard InChI is InChI=1S/C15H17FN4O5/c1-4-5-19-8-11(18-14(19)23)17-6-20(12(8)22)13-9(21)7(16)10(25-13)15(2,3)24/h1,6-7,9-10,13,21,24H,5H2,2-3H3,(H,18,23). The summed E-state index contributed by atoms with van der Waals surface area (Å²) in [5.41, 5.74) is -3.00. The van der Waals surface area contributed by atoms with Gasteiger partial charge in [0.15, 0.2) is 23.6 Å². The van der Waals surface area contributed by atoms with Crippen molar-refractivity contribution in [3.63, 3.8) is 0 Å². The van der Waals surface area contributed by atoms with Crippen molar-refractivity contribution < 1.29 is 19.3 Å². The van der Waals surface area contributed by atoms with Crippen LogP contribution in [0.25, 0.3) is 11.2 Å². The molecule has 1 fully saturated rings. The van der Waals surface area contributed by atoms with Crippen LogP contribution in [0.5, 0.6) is 0 Å². The molecule has 1 aliphatic rings. The van der Waals surface area contributed by atoms with Crippen molar-refractivity contribution in [1.29, 1.82) is 0 Å². The number of nitrogens with one attached hydrogen (secondary N) is 1. The summed E-state index contributed by atoms with van der Waals surface area (Å²) in [6.45, 7) is 2.51. The molecule has 0 aliphatic carbocycles. The quantitative estimate of drug-likeness (QED) is 0.602. The molecule has 0 aromatic carbocycles. The van der Waals surface area contributed by atoms with Crippen LogP contribution in [0.2, 0.25) is 0 Å². The number of imidazole rings is 1. The average molecular weight is 352 g/mol. The molecule has 3 heterocycles. The topological polar surface area (TPSA) is 122 Å². The summed E-state index contributed by atoms with van der Waals surface area (Å²) in [7, 11) is 0. The van der Waals surface area contributed by atoms with Crippen LogP contribution in [0.4, 0.5) is 4.39 Å². The zero-order valence-electron chi connectivity index (χ0n) is 13.5. The highest BCUT2D eigenvalue weighted by molar-refractivity contribution is 5.69. The first-order valence-electron chi connectivity index (χ1n) is 7.50. The molecule has 0 bridgehead atoms. The summed E-state index contributed by atoms with van der Waals surface area (Å²) in [6, 6.07) is 0. The van der Waals surface area contributed by atoms with Crippen molar-refractivity contribution >= 4 is 11.2 Å². The Morgan fingerprint density at radius 3 is 2.76 bits per heavy atom. The Bertz CT molecular complexity index is 963. The number of hydrogen-bond acceptors (Lipinski definition) is 6. The Morgan fingerprint density at radius 1 is 1.52 bits per heavy atom. The molecule has 3 rings (SSSR count). The third kappa shape index (κ3) is 2.66. The van der Waals surface area contributed by atoms with Crippen LogP contribution < -0.4 is 11.2 Å². The number of hydrogen-bond donors (Lipinski definition) is 3. The Morgan fingerprint density at radius 2 is 2.20 bits per heavy atom. The van der Waals surface area contributed by atoms with Crippen LogP contribution in [0.3, 0.4) is 0 Å². The number of fused-ring (bicyclic) bond motifs is 1. The van der Waals surface area contributed by atoms with Crippen molar-refractivity contribution in [2.24, 2.45) is 0 Å². The van der Waals surface area contributed by atoms with Gasteiger partial charge < -0.3 is 14.9 Å². The van der Waals surface area contributed by atoms with E-state index >= 15 is 0 Å². The molecule has 1 aliphatic heterocycles. The van der Waals surface area contributed by atoms with Gasteiger partial charge in [-0.2, -0.15) is 0 Å². The number of alkyl halides is 1. The zero-order chi connectivity index (χ0) is 18.5. The third-order valence-corrected chi connectivity index (χ3v) is 4.13. The number of terminal acetylenes is 1. The molecule has 1 saturated heterocycles. The summed E-state index contributed by atoms with van der Waals surface area (Å²) in [6.07, 6.45) is -0.109. The Kier molecular flexibility index (Phi) is 4.03. The van der Waals surface area contributed by atoms with Gasteiger partial charge >= 0.3 is 5.69 Å². The van der Waals surface area contributed by atoms with E-state index in [0.717, 1.165) is 15.5 Å². The number of aliphatic hydroxyl groups is 2. The zero-order valence-corrected chi connectivity index (χ0v) is 13.5. The van der Waals surface area contributed by atoms with Gasteiger partial charge in [0.05, 0.1) is 12.1 Å². The summed E-state index contributed by atoms with van der Waals surface area (Å²) in [4.78, 5) is 30.9. The number of rotatable bonds is 3. The Balaban J connectivity index is 2.13. The first-order chi connectivity index (χ1) is 11.7. The van der Waals surface area contributed by atoms with Gasteiger partial charge in [-0.25, -0.2) is 14.2 Å². The second-order valence-electron chi connectivity index (χ2n) is 6.41. The molecule has 3 N–H and O–H groups in total. The smallest absolute Gasteiger partial charge is 0.328 e. The van der Waals surface area contributed by atoms with E-state index < -0.39 is 41.5 Å². The lowest BCUT2D eigenvalue weighted by molar-refractivity contribution is -0.117. The fourth-order valence-corrected chi connectivity index (χ4v) is 2.91. The largest absolute Gasteiger partial charge is 0.388 e. The van der Waals surface area contributed by atoms with Crippen LogP contribution in [-0.4, -0.2) is 53.3 Å². The van der Waals surface area contributed by atoms with E-state index in [-0.39, 0.29) is 17.7 Å². The van der Waals surface area contributed by atoms with Crippen LogP contribution in [0, 0.1) is 12.3 Å². The van der Waals surface area contributed by atoms with E-state index in [1.165, 1.54) is 13.8 Å². The molecule has 9 nitrogen and oxygen atoms in total. The fourth-order valence-electron chi connectivity index (χ4n) is 2.91. The van der Waals surface area contributed by atoms with Gasteiger partial charge in [-0.3, -0.25) is 18.9 Å². The van der Waals surface area contributed by atoms with Crippen molar-refractivity contribution in [2.45, 2.75) is 50.6 Å². The van der Waals surface area contributed by atoms with E-state index in [4.69, 9.17) is 11.2 Å². The second-order valence-corrected chi connectivity index (χ2v) is 6.41. The minimum Gasteiger partial charge on any atom is -0.388 e. The normalized spacial score (nSPS) is 26.9. The molecule has 10 heteroatoms. The summed E-state index contributed by atoms with van der Waals surface area (Å²) in [5.74, 6) is 2.26. The lowest BCUT2D eigenvalue weighted by Gasteiger charge is -2.26. The lowest BCUT2D eigenvalue weighted by Crippen LogP contribution is -2.42. The minimum atomic E-state index is -1.91. The lowest BCUT2D eigenvalue weighted by atomic mass is 9.97. The van der Waals surface area contributed by atoms with Crippen molar-refractivity contribution in [3.8, 4) is 12.3 Å². The Labute approximate surface area is 140 Å².